The Morgan fingerprint density at radius 2 is 1.58 bits per heavy atom. The summed E-state index contributed by atoms with van der Waals surface area (Å²) in [5, 5.41) is 2.43. The lowest BCUT2D eigenvalue weighted by Gasteiger charge is -2.22. The quantitative estimate of drug-likeness (QED) is 0.189. The van der Waals surface area contributed by atoms with Crippen molar-refractivity contribution >= 4 is 22.1 Å². The van der Waals surface area contributed by atoms with Gasteiger partial charge in [0.15, 0.2) is 0 Å². The molecule has 1 heteroatoms. The van der Waals surface area contributed by atoms with Crippen molar-refractivity contribution in [3.05, 3.63) is 149 Å². The van der Waals surface area contributed by atoms with Crippen molar-refractivity contribution in [2.75, 3.05) is 0 Å². The van der Waals surface area contributed by atoms with Crippen molar-refractivity contribution in [2.45, 2.75) is 39.0 Å². The Kier molecular flexibility index (Phi) is 6.18. The van der Waals surface area contributed by atoms with Crippen LogP contribution >= 0.6 is 0 Å². The molecule has 0 radical (unpaired) electrons. The van der Waals surface area contributed by atoms with E-state index in [1.54, 1.807) is 0 Å². The molecule has 0 saturated heterocycles. The zero-order valence-corrected chi connectivity index (χ0v) is 22.3. The van der Waals surface area contributed by atoms with Crippen molar-refractivity contribution in [1.82, 2.24) is 0 Å². The smallest absolute Gasteiger partial charge is 0.122 e. The first-order valence-corrected chi connectivity index (χ1v) is 13.5. The molecule has 184 valence electrons. The van der Waals surface area contributed by atoms with Gasteiger partial charge in [-0.1, -0.05) is 130 Å². The van der Waals surface area contributed by atoms with E-state index in [0.717, 1.165) is 29.8 Å². The van der Waals surface area contributed by atoms with Crippen LogP contribution in [0.1, 0.15) is 50.3 Å². The minimum Gasteiger partial charge on any atom is -0.239 e. The third-order valence-electron chi connectivity index (χ3n) is 7.69. The lowest BCUT2D eigenvalue weighted by Crippen LogP contribution is -2.16. The summed E-state index contributed by atoms with van der Waals surface area (Å²) < 4.78 is 0. The van der Waals surface area contributed by atoms with Crippen LogP contribution in [0.2, 0.25) is 0 Å². The minimum atomic E-state index is -0.0973. The van der Waals surface area contributed by atoms with Crippen LogP contribution in [0.15, 0.2) is 137 Å². The van der Waals surface area contributed by atoms with Gasteiger partial charge in [0.1, 0.15) is 5.70 Å². The van der Waals surface area contributed by atoms with Gasteiger partial charge in [0, 0.05) is 16.6 Å². The summed E-state index contributed by atoms with van der Waals surface area (Å²) in [5.41, 5.74) is 17.0. The summed E-state index contributed by atoms with van der Waals surface area (Å²) in [4.78, 5) is 5.36. The second-order valence-electron chi connectivity index (χ2n) is 10.5. The van der Waals surface area contributed by atoms with E-state index in [-0.39, 0.29) is 5.41 Å². The monoisotopic (exact) mass is 489 g/mol. The molecule has 0 aliphatic heterocycles. The molecular formula is C37H31N. The van der Waals surface area contributed by atoms with E-state index in [2.05, 4.69) is 141 Å². The number of benzene rings is 4. The molecule has 2 aliphatic carbocycles. The third kappa shape index (κ3) is 4.04. The highest BCUT2D eigenvalue weighted by Gasteiger charge is 2.38. The molecule has 0 N–H and O–H groups in total. The van der Waals surface area contributed by atoms with E-state index in [1.807, 2.05) is 0 Å². The van der Waals surface area contributed by atoms with Gasteiger partial charge in [0.2, 0.25) is 0 Å². The first-order valence-electron chi connectivity index (χ1n) is 13.5. The van der Waals surface area contributed by atoms with Crippen molar-refractivity contribution < 1.29 is 0 Å². The number of hydrogen-bond donors (Lipinski definition) is 0. The molecule has 0 unspecified atom stereocenters. The molecular weight excluding hydrogens is 458 g/mol. The fraction of sp³-hybridized carbons (Fsp3) is 0.162. The van der Waals surface area contributed by atoms with Crippen LogP contribution in [0, 0.1) is 0 Å². The summed E-state index contributed by atoms with van der Waals surface area (Å²) >= 11 is 0. The third-order valence-corrected chi connectivity index (χ3v) is 7.69. The molecule has 0 aromatic heterocycles. The largest absolute Gasteiger partial charge is 0.239 e. The van der Waals surface area contributed by atoms with E-state index in [9.17, 15) is 0 Å². The van der Waals surface area contributed by atoms with Crippen molar-refractivity contribution in [1.29, 1.82) is 0 Å². The maximum absolute atomic E-state index is 5.36. The molecule has 1 nitrogen and oxygen atoms in total. The van der Waals surface area contributed by atoms with Crippen LogP contribution < -0.4 is 0 Å². The Hall–Kier alpha value is -4.41. The maximum Gasteiger partial charge on any atom is 0.122 e. The molecule has 0 amide bonds. The van der Waals surface area contributed by atoms with Gasteiger partial charge in [0.25, 0.3) is 0 Å². The maximum atomic E-state index is 5.36. The second-order valence-corrected chi connectivity index (χ2v) is 10.5. The molecule has 0 bridgehead atoms. The predicted molar refractivity (Wildman–Crippen MR) is 161 cm³/mol. The van der Waals surface area contributed by atoms with Crippen molar-refractivity contribution in [3.8, 4) is 11.1 Å². The van der Waals surface area contributed by atoms with E-state index in [1.165, 1.54) is 44.2 Å². The normalized spacial score (nSPS) is 15.8. The first kappa shape index (κ1) is 24.0. The van der Waals surface area contributed by atoms with Gasteiger partial charge in [-0.3, -0.25) is 0 Å². The molecule has 0 fully saturated rings. The number of hydrogen-bond acceptors (Lipinski definition) is 1. The number of rotatable bonds is 6. The van der Waals surface area contributed by atoms with Gasteiger partial charge in [-0.2, -0.15) is 0 Å². The van der Waals surface area contributed by atoms with Gasteiger partial charge >= 0.3 is 0 Å². The molecule has 0 heterocycles. The van der Waals surface area contributed by atoms with E-state index in [4.69, 9.17) is 4.99 Å². The van der Waals surface area contributed by atoms with Gasteiger partial charge in [0.05, 0.1) is 5.71 Å². The highest BCUT2D eigenvalue weighted by atomic mass is 14.8. The summed E-state index contributed by atoms with van der Waals surface area (Å²) in [6.45, 7) is 6.79. The van der Waals surface area contributed by atoms with E-state index < -0.39 is 0 Å². The minimum absolute atomic E-state index is 0.0973. The lowest BCUT2D eigenvalue weighted by atomic mass is 9.81. The standard InChI is InChI=1S/C37H31N/c1-4-5-7-24-33(30-21-13-18-27-17-12-20-28(35(27)30)26-15-8-6-9-16-26)38-34-25-14-23-32-36(34)29-19-10-11-22-31(29)37(32,2)3/h6-13,15-24H,4-5H2,1-3H3/b24-7-,38-33?. The SMILES string of the molecule is CCC/C=C\C(=NC1=C=C=CC2=C1c1ccccc1C2(C)C)c1cccc2cccc(-c3ccccc3)c12. The van der Waals surface area contributed by atoms with E-state index >= 15 is 0 Å². The van der Waals surface area contributed by atoms with Crippen molar-refractivity contribution in [3.63, 3.8) is 0 Å². The van der Waals surface area contributed by atoms with Crippen LogP contribution in [-0.4, -0.2) is 5.71 Å². The Labute approximate surface area is 225 Å². The second kappa shape index (κ2) is 9.81. The Balaban J connectivity index is 1.59. The molecule has 4 aromatic rings. The van der Waals surface area contributed by atoms with Gasteiger partial charge in [-0.05, 0) is 62.9 Å². The van der Waals surface area contributed by atoms with Crippen LogP contribution in [0.5, 0.6) is 0 Å². The first-order chi connectivity index (χ1) is 18.6. The summed E-state index contributed by atoms with van der Waals surface area (Å²) in [5.74, 6) is 0. The van der Waals surface area contributed by atoms with Gasteiger partial charge in [-0.15, -0.1) is 0 Å². The molecule has 0 spiro atoms. The summed E-state index contributed by atoms with van der Waals surface area (Å²) in [6, 6.07) is 32.4. The van der Waals surface area contributed by atoms with Gasteiger partial charge in [-0.25, -0.2) is 4.99 Å². The molecule has 0 saturated carbocycles. The number of allylic oxidation sites excluding steroid dienone is 5. The average Bonchev–Trinajstić information content (AvgIpc) is 3.20. The van der Waals surface area contributed by atoms with Crippen LogP contribution in [-0.2, 0) is 5.41 Å². The van der Waals surface area contributed by atoms with Crippen LogP contribution in [0.4, 0.5) is 0 Å². The van der Waals surface area contributed by atoms with Crippen LogP contribution in [0.3, 0.4) is 0 Å². The van der Waals surface area contributed by atoms with Crippen molar-refractivity contribution in [2.24, 2.45) is 4.99 Å². The number of unbranched alkanes of at least 4 members (excludes halogenated alkanes) is 1. The zero-order valence-electron chi connectivity index (χ0n) is 22.3. The molecule has 6 rings (SSSR count). The molecule has 38 heavy (non-hydrogen) atoms. The Morgan fingerprint density at radius 3 is 2.39 bits per heavy atom. The highest BCUT2D eigenvalue weighted by molar-refractivity contribution is 6.20. The summed E-state index contributed by atoms with van der Waals surface area (Å²) in [7, 11) is 0. The molecule has 4 aromatic carbocycles. The Morgan fingerprint density at radius 1 is 0.842 bits per heavy atom. The van der Waals surface area contributed by atoms with Crippen LogP contribution in [0.25, 0.3) is 27.5 Å². The fourth-order valence-corrected chi connectivity index (χ4v) is 5.76. The predicted octanol–water partition coefficient (Wildman–Crippen LogP) is 9.60. The number of nitrogens with zero attached hydrogens (tertiary/aromatic N) is 1. The fourth-order valence-electron chi connectivity index (χ4n) is 5.76. The van der Waals surface area contributed by atoms with Gasteiger partial charge < -0.3 is 0 Å². The topological polar surface area (TPSA) is 12.4 Å². The van der Waals surface area contributed by atoms with E-state index in [0.29, 0.717) is 0 Å². The summed E-state index contributed by atoms with van der Waals surface area (Å²) in [6.07, 6.45) is 8.63. The average molecular weight is 490 g/mol. The molecule has 2 aliphatic rings. The zero-order chi connectivity index (χ0) is 26.1. The number of aliphatic imine (C=N–C) groups is 1. The lowest BCUT2D eigenvalue weighted by molar-refractivity contribution is 0.654. The number of fused-ring (bicyclic) bond motifs is 3. The highest BCUT2D eigenvalue weighted by Crippen LogP contribution is 2.50. The molecule has 0 atom stereocenters. The Bertz CT molecular complexity index is 1740.